The smallest absolute Gasteiger partial charge is 0.153 e. The molecule has 0 fully saturated rings. The van der Waals surface area contributed by atoms with Gasteiger partial charge in [-0.15, -0.1) is 11.3 Å². The first kappa shape index (κ1) is 5.50. The fourth-order valence-electron chi connectivity index (χ4n) is 0.327. The minimum absolute atomic E-state index is 1.12. The summed E-state index contributed by atoms with van der Waals surface area (Å²) in [6.07, 6.45) is 1.88. The molecule has 3 heteroatoms. The number of aromatic nitrogens is 1. The topological polar surface area (TPSA) is 12.9 Å². The van der Waals surface area contributed by atoms with Crippen LogP contribution in [0.1, 0.15) is 4.88 Å². The number of hydrogen-bond donors (Lipinski definition) is 0. The normalized spacial score (nSPS) is 9.43. The summed E-state index contributed by atoms with van der Waals surface area (Å²) in [5.74, 6) is 0. The SMILES string of the molecule is Cc1cnc(I)s1. The van der Waals surface area contributed by atoms with Crippen LogP contribution in [0.2, 0.25) is 0 Å². The lowest BCUT2D eigenvalue weighted by molar-refractivity contribution is 1.35. The summed E-state index contributed by atoms with van der Waals surface area (Å²) in [6.45, 7) is 2.06. The quantitative estimate of drug-likeness (QED) is 0.616. The van der Waals surface area contributed by atoms with Crippen molar-refractivity contribution in [1.82, 2.24) is 4.98 Å². The molecule has 0 saturated carbocycles. The first-order valence-electron chi connectivity index (χ1n) is 1.87. The lowest BCUT2D eigenvalue weighted by atomic mass is 10.7. The van der Waals surface area contributed by atoms with E-state index in [1.807, 2.05) is 6.20 Å². The molecule has 0 saturated heterocycles. The molecule has 0 unspecified atom stereocenters. The fraction of sp³-hybridized carbons (Fsp3) is 0.250. The van der Waals surface area contributed by atoms with Gasteiger partial charge in [-0.2, -0.15) is 0 Å². The highest BCUT2D eigenvalue weighted by Gasteiger charge is 1.88. The summed E-state index contributed by atoms with van der Waals surface area (Å²) < 4.78 is 1.12. The molecule has 0 aliphatic carbocycles. The number of rotatable bonds is 0. The first-order valence-corrected chi connectivity index (χ1v) is 3.76. The third-order valence-corrected chi connectivity index (χ3v) is 2.23. The average molecular weight is 225 g/mol. The standard InChI is InChI=1S/C4H4INS/c1-3-2-6-4(5)7-3/h2H,1H3. The summed E-state index contributed by atoms with van der Waals surface area (Å²) in [7, 11) is 0. The van der Waals surface area contributed by atoms with Crippen molar-refractivity contribution in [1.29, 1.82) is 0 Å². The molecule has 0 amide bonds. The third-order valence-electron chi connectivity index (χ3n) is 0.593. The van der Waals surface area contributed by atoms with E-state index in [0.29, 0.717) is 0 Å². The molecule has 1 rings (SSSR count). The molecule has 38 valence electrons. The van der Waals surface area contributed by atoms with Crippen molar-refractivity contribution < 1.29 is 0 Å². The highest BCUT2D eigenvalue weighted by Crippen LogP contribution is 2.12. The molecule has 0 aliphatic rings. The summed E-state index contributed by atoms with van der Waals surface area (Å²) in [5.41, 5.74) is 0. The van der Waals surface area contributed by atoms with Crippen molar-refractivity contribution in [2.24, 2.45) is 0 Å². The van der Waals surface area contributed by atoms with Crippen LogP contribution < -0.4 is 0 Å². The number of hydrogen-bond acceptors (Lipinski definition) is 2. The predicted molar refractivity (Wildman–Crippen MR) is 39.6 cm³/mol. The molecule has 0 N–H and O–H groups in total. The van der Waals surface area contributed by atoms with Gasteiger partial charge < -0.3 is 0 Å². The molecular weight excluding hydrogens is 221 g/mol. The van der Waals surface area contributed by atoms with E-state index in [0.717, 1.165) is 3.01 Å². The minimum Gasteiger partial charge on any atom is -0.238 e. The highest BCUT2D eigenvalue weighted by molar-refractivity contribution is 14.1. The molecule has 0 radical (unpaired) electrons. The van der Waals surface area contributed by atoms with Gasteiger partial charge in [0.15, 0.2) is 3.01 Å². The molecule has 1 heterocycles. The Hall–Kier alpha value is 0.360. The molecule has 1 nitrogen and oxygen atoms in total. The Balaban J connectivity index is 3.04. The molecule has 0 aromatic carbocycles. The van der Waals surface area contributed by atoms with Crippen LogP contribution in [0.25, 0.3) is 0 Å². The van der Waals surface area contributed by atoms with Crippen LogP contribution in [0.5, 0.6) is 0 Å². The van der Waals surface area contributed by atoms with Gasteiger partial charge in [-0.25, -0.2) is 4.98 Å². The molecular formula is C4H4INS. The largest absolute Gasteiger partial charge is 0.238 e. The zero-order valence-corrected chi connectivity index (χ0v) is 6.78. The second kappa shape index (κ2) is 2.09. The molecule has 0 aliphatic heterocycles. The van der Waals surface area contributed by atoms with E-state index < -0.39 is 0 Å². The maximum Gasteiger partial charge on any atom is 0.153 e. The molecule has 7 heavy (non-hydrogen) atoms. The average Bonchev–Trinajstić information content (AvgIpc) is 1.87. The van der Waals surface area contributed by atoms with Gasteiger partial charge in [0, 0.05) is 11.1 Å². The highest BCUT2D eigenvalue weighted by atomic mass is 127. The summed E-state index contributed by atoms with van der Waals surface area (Å²) in [5, 5.41) is 0. The van der Waals surface area contributed by atoms with Gasteiger partial charge in [0.25, 0.3) is 0 Å². The zero-order valence-electron chi connectivity index (χ0n) is 3.81. The van der Waals surface area contributed by atoms with Crippen molar-refractivity contribution >= 4 is 33.9 Å². The summed E-state index contributed by atoms with van der Waals surface area (Å²) in [4.78, 5) is 5.30. The number of aryl methyl sites for hydroxylation is 1. The Kier molecular flexibility index (Phi) is 1.64. The van der Waals surface area contributed by atoms with Crippen molar-refractivity contribution in [2.45, 2.75) is 6.92 Å². The van der Waals surface area contributed by atoms with Gasteiger partial charge in [0.1, 0.15) is 0 Å². The van der Waals surface area contributed by atoms with Crippen LogP contribution in [0.4, 0.5) is 0 Å². The Morgan fingerprint density at radius 2 is 2.57 bits per heavy atom. The lowest BCUT2D eigenvalue weighted by Crippen LogP contribution is -1.55. The second-order valence-corrected chi connectivity index (χ2v) is 4.21. The van der Waals surface area contributed by atoms with E-state index in [4.69, 9.17) is 0 Å². The molecule has 1 aromatic heterocycles. The predicted octanol–water partition coefficient (Wildman–Crippen LogP) is 2.06. The first-order chi connectivity index (χ1) is 3.29. The van der Waals surface area contributed by atoms with Crippen LogP contribution in [-0.4, -0.2) is 4.98 Å². The third kappa shape index (κ3) is 1.38. The van der Waals surface area contributed by atoms with Crippen LogP contribution >= 0.6 is 33.9 Å². The van der Waals surface area contributed by atoms with Gasteiger partial charge in [-0.1, -0.05) is 0 Å². The number of nitrogens with zero attached hydrogens (tertiary/aromatic N) is 1. The lowest BCUT2D eigenvalue weighted by Gasteiger charge is -1.66. The van der Waals surface area contributed by atoms with Crippen LogP contribution in [0, 0.1) is 9.94 Å². The molecule has 0 atom stereocenters. The minimum atomic E-state index is 1.12. The van der Waals surface area contributed by atoms with E-state index >= 15 is 0 Å². The van der Waals surface area contributed by atoms with E-state index in [9.17, 15) is 0 Å². The summed E-state index contributed by atoms with van der Waals surface area (Å²) in [6, 6.07) is 0. The van der Waals surface area contributed by atoms with Gasteiger partial charge >= 0.3 is 0 Å². The van der Waals surface area contributed by atoms with Crippen molar-refractivity contribution in [3.63, 3.8) is 0 Å². The Morgan fingerprint density at radius 3 is 2.71 bits per heavy atom. The zero-order chi connectivity index (χ0) is 5.28. The van der Waals surface area contributed by atoms with E-state index in [1.165, 1.54) is 4.88 Å². The van der Waals surface area contributed by atoms with Crippen molar-refractivity contribution in [2.75, 3.05) is 0 Å². The van der Waals surface area contributed by atoms with Crippen LogP contribution in [0.15, 0.2) is 6.20 Å². The van der Waals surface area contributed by atoms with Gasteiger partial charge in [0.05, 0.1) is 0 Å². The van der Waals surface area contributed by atoms with Crippen LogP contribution in [-0.2, 0) is 0 Å². The number of thiazole rings is 1. The number of halogens is 1. The fourth-order valence-corrected chi connectivity index (χ4v) is 1.98. The van der Waals surface area contributed by atoms with Gasteiger partial charge in [-0.3, -0.25) is 0 Å². The monoisotopic (exact) mass is 225 g/mol. The Bertz CT molecular complexity index is 144. The Labute approximate surface area is 59.9 Å². The van der Waals surface area contributed by atoms with E-state index in [-0.39, 0.29) is 0 Å². The van der Waals surface area contributed by atoms with Crippen LogP contribution in [0.3, 0.4) is 0 Å². The molecule has 0 bridgehead atoms. The maximum atomic E-state index is 4.02. The van der Waals surface area contributed by atoms with Crippen molar-refractivity contribution in [3.05, 3.63) is 14.1 Å². The summed E-state index contributed by atoms with van der Waals surface area (Å²) >= 11 is 3.93. The maximum absolute atomic E-state index is 4.02. The molecule has 0 spiro atoms. The van der Waals surface area contributed by atoms with Gasteiger partial charge in [-0.05, 0) is 29.5 Å². The van der Waals surface area contributed by atoms with E-state index in [2.05, 4.69) is 34.5 Å². The Morgan fingerprint density at radius 1 is 1.86 bits per heavy atom. The molecule has 1 aromatic rings. The van der Waals surface area contributed by atoms with E-state index in [1.54, 1.807) is 11.3 Å². The van der Waals surface area contributed by atoms with Gasteiger partial charge in [0.2, 0.25) is 0 Å². The second-order valence-electron chi connectivity index (χ2n) is 1.22. The van der Waals surface area contributed by atoms with Crippen molar-refractivity contribution in [3.8, 4) is 0 Å².